The number of benzene rings is 2. The van der Waals surface area contributed by atoms with Crippen molar-refractivity contribution in [2.75, 3.05) is 6.54 Å². The predicted molar refractivity (Wildman–Crippen MR) is 159 cm³/mol. The first-order valence-corrected chi connectivity index (χ1v) is 13.8. The highest BCUT2D eigenvalue weighted by Crippen LogP contribution is 2.11. The van der Waals surface area contributed by atoms with E-state index in [9.17, 15) is 29.1 Å². The third-order valence-electron chi connectivity index (χ3n) is 6.48. The Morgan fingerprint density at radius 3 is 2.09 bits per heavy atom. The second-order valence-electron chi connectivity index (χ2n) is 10.1. The lowest BCUT2D eigenvalue weighted by Gasteiger charge is -2.21. The van der Waals surface area contributed by atoms with Crippen LogP contribution < -0.4 is 38.3 Å². The highest BCUT2D eigenvalue weighted by molar-refractivity contribution is 5.93. The number of H-pyrrole nitrogens is 1. The molecule has 0 aliphatic rings. The highest BCUT2D eigenvalue weighted by atomic mass is 16.3. The maximum absolute atomic E-state index is 12.9. The third-order valence-corrected chi connectivity index (χ3v) is 6.48. The van der Waals surface area contributed by atoms with Gasteiger partial charge in [-0.05, 0) is 36.6 Å². The minimum absolute atomic E-state index is 0.0850. The number of phenols is 1. The van der Waals surface area contributed by atoms with Gasteiger partial charge < -0.3 is 37.5 Å². The van der Waals surface area contributed by atoms with Crippen LogP contribution in [0.25, 0.3) is 0 Å². The first-order chi connectivity index (χ1) is 21.0. The zero-order valence-corrected chi connectivity index (χ0v) is 24.1. The number of nitrogens with one attached hydrogen (secondary N) is 6. The molecule has 3 rings (SSSR count). The molecule has 0 saturated carbocycles. The number of hydrazine groups is 1. The molecule has 15 heteroatoms. The van der Waals surface area contributed by atoms with Gasteiger partial charge in [0.2, 0.25) is 17.7 Å². The van der Waals surface area contributed by atoms with Crippen LogP contribution in [0.1, 0.15) is 23.7 Å². The number of phenolic OH excluding ortho intramolecular Hbond substituents is 1. The van der Waals surface area contributed by atoms with Crippen molar-refractivity contribution in [3.05, 3.63) is 83.9 Å². The Morgan fingerprint density at radius 1 is 0.795 bits per heavy atom. The van der Waals surface area contributed by atoms with Gasteiger partial charge in [0.25, 0.3) is 11.8 Å². The molecule has 44 heavy (non-hydrogen) atoms. The molecule has 5 amide bonds. The van der Waals surface area contributed by atoms with Gasteiger partial charge in [-0.2, -0.15) is 0 Å². The molecule has 0 radical (unpaired) electrons. The quantitative estimate of drug-likeness (QED) is 0.0923. The van der Waals surface area contributed by atoms with E-state index < -0.39 is 60.2 Å². The monoisotopic (exact) mass is 607 g/mol. The molecule has 0 saturated heterocycles. The number of hydrogen-bond donors (Lipinski definition) is 9. The van der Waals surface area contributed by atoms with Gasteiger partial charge in [-0.3, -0.25) is 34.8 Å². The molecule has 0 aliphatic heterocycles. The normalized spacial score (nSPS) is 13.4. The number of imidazole rings is 1. The third kappa shape index (κ3) is 10.8. The number of aromatic hydroxyl groups is 1. The maximum Gasteiger partial charge on any atom is 0.261 e. The van der Waals surface area contributed by atoms with Crippen molar-refractivity contribution in [2.24, 2.45) is 11.5 Å². The van der Waals surface area contributed by atoms with Crippen LogP contribution in [0.4, 0.5) is 0 Å². The molecule has 1 aromatic heterocycles. The molecule has 15 nitrogen and oxygen atoms in total. The van der Waals surface area contributed by atoms with Crippen molar-refractivity contribution < 1.29 is 29.1 Å². The van der Waals surface area contributed by atoms with Crippen LogP contribution in [0.3, 0.4) is 0 Å². The highest BCUT2D eigenvalue weighted by Gasteiger charge is 2.25. The van der Waals surface area contributed by atoms with Crippen molar-refractivity contribution in [3.8, 4) is 5.75 Å². The fraction of sp³-hybridized carbons (Fsp3) is 0.310. The van der Waals surface area contributed by atoms with E-state index in [1.807, 2.05) is 0 Å². The summed E-state index contributed by atoms with van der Waals surface area (Å²) < 4.78 is 0. The number of aromatic amines is 1. The predicted octanol–water partition coefficient (Wildman–Crippen LogP) is -1.95. The molecular weight excluding hydrogens is 570 g/mol. The zero-order chi connectivity index (χ0) is 32.1. The molecular formula is C29H37N9O6. The number of rotatable bonds is 14. The molecule has 1 heterocycles. The van der Waals surface area contributed by atoms with Crippen molar-refractivity contribution in [3.63, 3.8) is 0 Å². The SMILES string of the molecule is C[C@@H](NC(=O)[C@@H](N)Cc1ccc(O)cc1)C(=O)NCC(=O)N[C@@H](Cc1ccccc1)C(=O)NNC(=O)[C@@H](N)Cc1cnc[nH]1. The van der Waals surface area contributed by atoms with E-state index in [0.717, 1.165) is 11.1 Å². The molecule has 0 spiro atoms. The molecule has 234 valence electrons. The van der Waals surface area contributed by atoms with Crippen LogP contribution >= 0.6 is 0 Å². The van der Waals surface area contributed by atoms with Crippen LogP contribution in [0, 0.1) is 0 Å². The van der Waals surface area contributed by atoms with Crippen LogP contribution in [-0.2, 0) is 43.2 Å². The van der Waals surface area contributed by atoms with Crippen molar-refractivity contribution >= 4 is 29.5 Å². The van der Waals surface area contributed by atoms with Gasteiger partial charge >= 0.3 is 0 Å². The zero-order valence-electron chi connectivity index (χ0n) is 24.1. The first-order valence-electron chi connectivity index (χ1n) is 13.8. The number of hydrogen-bond acceptors (Lipinski definition) is 9. The summed E-state index contributed by atoms with van der Waals surface area (Å²) in [4.78, 5) is 69.7. The Hall–Kier alpha value is -5.28. The summed E-state index contributed by atoms with van der Waals surface area (Å²) in [5.74, 6) is -3.17. The van der Waals surface area contributed by atoms with Gasteiger partial charge in [0.15, 0.2) is 0 Å². The Balaban J connectivity index is 1.49. The van der Waals surface area contributed by atoms with Gasteiger partial charge in [-0.25, -0.2) is 4.98 Å². The molecule has 2 aromatic carbocycles. The Labute approximate surface area is 253 Å². The minimum atomic E-state index is -1.11. The first kappa shape index (κ1) is 33.2. The molecule has 3 aromatic rings. The summed E-state index contributed by atoms with van der Waals surface area (Å²) in [7, 11) is 0. The van der Waals surface area contributed by atoms with Crippen molar-refractivity contribution in [1.82, 2.24) is 36.8 Å². The summed E-state index contributed by atoms with van der Waals surface area (Å²) in [6.07, 6.45) is 3.42. The summed E-state index contributed by atoms with van der Waals surface area (Å²) >= 11 is 0. The van der Waals surface area contributed by atoms with Gasteiger partial charge in [0.1, 0.15) is 17.8 Å². The number of nitrogens with zero attached hydrogens (tertiary/aromatic N) is 1. The molecule has 0 fully saturated rings. The van der Waals surface area contributed by atoms with Gasteiger partial charge in [-0.1, -0.05) is 42.5 Å². The Morgan fingerprint density at radius 2 is 1.43 bits per heavy atom. The van der Waals surface area contributed by atoms with E-state index in [1.165, 1.54) is 31.6 Å². The number of carbonyl (C=O) groups excluding carboxylic acids is 5. The van der Waals surface area contributed by atoms with Crippen LogP contribution in [-0.4, -0.2) is 75.3 Å². The largest absolute Gasteiger partial charge is 0.508 e. The summed E-state index contributed by atoms with van der Waals surface area (Å²) in [5, 5.41) is 16.9. The van der Waals surface area contributed by atoms with E-state index in [4.69, 9.17) is 11.5 Å². The molecule has 0 aliphatic carbocycles. The van der Waals surface area contributed by atoms with Crippen LogP contribution in [0.5, 0.6) is 5.75 Å². The maximum atomic E-state index is 12.9. The fourth-order valence-electron chi connectivity index (χ4n) is 4.02. The van der Waals surface area contributed by atoms with Gasteiger partial charge in [-0.15, -0.1) is 0 Å². The Bertz CT molecular complexity index is 1400. The number of amides is 5. The summed E-state index contributed by atoms with van der Waals surface area (Å²) in [6, 6.07) is 11.1. The lowest BCUT2D eigenvalue weighted by Crippen LogP contribution is -2.57. The van der Waals surface area contributed by atoms with Gasteiger partial charge in [0, 0.05) is 24.7 Å². The van der Waals surface area contributed by atoms with E-state index in [0.29, 0.717) is 5.69 Å². The number of carbonyl (C=O) groups is 5. The second-order valence-corrected chi connectivity index (χ2v) is 10.1. The number of aromatic nitrogens is 2. The van der Waals surface area contributed by atoms with Crippen LogP contribution in [0.2, 0.25) is 0 Å². The lowest BCUT2D eigenvalue weighted by atomic mass is 10.1. The average Bonchev–Trinajstić information content (AvgIpc) is 3.52. The smallest absolute Gasteiger partial charge is 0.261 e. The average molecular weight is 608 g/mol. The molecule has 4 atom stereocenters. The van der Waals surface area contributed by atoms with Gasteiger partial charge in [0.05, 0.1) is 25.0 Å². The van der Waals surface area contributed by atoms with E-state index in [2.05, 4.69) is 36.8 Å². The molecule has 11 N–H and O–H groups in total. The lowest BCUT2D eigenvalue weighted by molar-refractivity contribution is -0.133. The van der Waals surface area contributed by atoms with Crippen molar-refractivity contribution in [1.29, 1.82) is 0 Å². The van der Waals surface area contributed by atoms with E-state index in [1.54, 1.807) is 42.5 Å². The summed E-state index contributed by atoms with van der Waals surface area (Å²) in [5.41, 5.74) is 18.5. The second kappa shape index (κ2) is 16.4. The molecule has 0 unspecified atom stereocenters. The molecule has 0 bridgehead atoms. The van der Waals surface area contributed by atoms with E-state index >= 15 is 0 Å². The minimum Gasteiger partial charge on any atom is -0.508 e. The number of nitrogens with two attached hydrogens (primary N) is 2. The summed E-state index contributed by atoms with van der Waals surface area (Å²) in [6.45, 7) is 0.947. The van der Waals surface area contributed by atoms with Crippen LogP contribution in [0.15, 0.2) is 67.1 Å². The fourth-order valence-corrected chi connectivity index (χ4v) is 4.02. The standard InChI is InChI=1S/C29H37N9O6/c1-17(35-27(42)22(30)11-19-7-9-21(39)10-8-19)26(41)33-15-25(40)36-24(12-18-5-3-2-4-6-18)29(44)38-37-28(43)23(31)13-20-14-32-16-34-20/h2-10,14,16-17,22-24,39H,11-13,15,30-31H2,1H3,(H,32,34)(H,33,41)(H,35,42)(H,36,40)(H,37,43)(H,38,44)/t17-,22+,23+,24+/m1/s1. The van der Waals surface area contributed by atoms with E-state index in [-0.39, 0.29) is 25.0 Å². The topological polar surface area (TPSA) is 246 Å². The Kier molecular flexibility index (Phi) is 12.4. The van der Waals surface area contributed by atoms with Crippen molar-refractivity contribution in [2.45, 2.75) is 50.4 Å².